The number of anilines is 3. The minimum Gasteiger partial charge on any atom is -0.456 e. The molecule has 59 heavy (non-hydrogen) atoms. The molecule has 12 rings (SSSR count). The van der Waals surface area contributed by atoms with Gasteiger partial charge in [0.15, 0.2) is 0 Å². The van der Waals surface area contributed by atoms with Gasteiger partial charge in [-0.25, -0.2) is 0 Å². The van der Waals surface area contributed by atoms with Gasteiger partial charge in [-0.15, -0.1) is 0 Å². The molecule has 2 aliphatic carbocycles. The van der Waals surface area contributed by atoms with Gasteiger partial charge in [0, 0.05) is 39.2 Å². The monoisotopic (exact) mass is 753 g/mol. The molecule has 0 saturated carbocycles. The van der Waals surface area contributed by atoms with Crippen LogP contribution in [0.15, 0.2) is 223 Å². The van der Waals surface area contributed by atoms with E-state index in [4.69, 9.17) is 4.42 Å². The zero-order valence-corrected chi connectivity index (χ0v) is 32.6. The van der Waals surface area contributed by atoms with E-state index in [1.54, 1.807) is 0 Å². The number of fused-ring (bicyclic) bond motifs is 9. The predicted molar refractivity (Wildman–Crippen MR) is 243 cm³/mol. The Hall–Kier alpha value is -7.42. The highest BCUT2D eigenvalue weighted by Crippen LogP contribution is 2.59. The molecule has 2 heteroatoms. The topological polar surface area (TPSA) is 16.4 Å². The Balaban J connectivity index is 1.17. The molecule has 0 fully saturated rings. The SMILES string of the molecule is CC1(c2ccccc2)c2ccccc2-c2c(N(c3ccc4c(c3)C(c3ccccc3)(c3ccccc3)c3ccccc3-4)c3ccc4c(c3)oc3ccccc34)cccc21. The molecular formula is C57H39NO. The molecule has 1 unspecified atom stereocenters. The van der Waals surface area contributed by atoms with Crippen molar-refractivity contribution < 1.29 is 4.42 Å². The van der Waals surface area contributed by atoms with Crippen LogP contribution in [0.25, 0.3) is 44.2 Å². The highest BCUT2D eigenvalue weighted by molar-refractivity contribution is 6.07. The van der Waals surface area contributed by atoms with Crippen LogP contribution in [-0.2, 0) is 10.8 Å². The van der Waals surface area contributed by atoms with Crippen LogP contribution in [0.2, 0.25) is 0 Å². The van der Waals surface area contributed by atoms with Gasteiger partial charge < -0.3 is 9.32 Å². The van der Waals surface area contributed by atoms with E-state index in [1.807, 2.05) is 6.07 Å². The van der Waals surface area contributed by atoms with Gasteiger partial charge in [-0.3, -0.25) is 0 Å². The number of hydrogen-bond donors (Lipinski definition) is 0. The minimum atomic E-state index is -0.532. The zero-order valence-electron chi connectivity index (χ0n) is 32.6. The standard InChI is InChI=1S/C57H39NO/c1-56(38-18-5-2-6-19-38)48-27-14-12-26-47(48)55-50(56)29-17-30-52(55)58(42-33-35-46-45-25-13-16-31-53(45)59-54(46)37-42)41-32-34-44-43-24-11-15-28-49(43)57(51(44)36-41,39-20-7-3-8-21-39)40-22-9-4-10-23-40/h2-37H,1H3. The molecule has 10 aromatic rings. The van der Waals surface area contributed by atoms with Gasteiger partial charge >= 0.3 is 0 Å². The summed E-state index contributed by atoms with van der Waals surface area (Å²) in [5, 5.41) is 2.24. The lowest BCUT2D eigenvalue weighted by molar-refractivity contribution is 0.669. The molecule has 0 amide bonds. The van der Waals surface area contributed by atoms with Crippen LogP contribution in [-0.4, -0.2) is 0 Å². The molecular weight excluding hydrogens is 715 g/mol. The summed E-state index contributed by atoms with van der Waals surface area (Å²) in [6.07, 6.45) is 0. The van der Waals surface area contributed by atoms with Crippen molar-refractivity contribution in [1.82, 2.24) is 0 Å². The van der Waals surface area contributed by atoms with Crippen LogP contribution in [0.1, 0.15) is 45.9 Å². The summed E-state index contributed by atoms with van der Waals surface area (Å²) in [4.78, 5) is 2.48. The Labute approximate surface area is 344 Å². The number of rotatable bonds is 6. The lowest BCUT2D eigenvalue weighted by atomic mass is 9.67. The van der Waals surface area contributed by atoms with Gasteiger partial charge in [0.2, 0.25) is 0 Å². The third-order valence-corrected chi connectivity index (χ3v) is 13.2. The van der Waals surface area contributed by atoms with Crippen LogP contribution in [0.4, 0.5) is 17.1 Å². The summed E-state index contributed by atoms with van der Waals surface area (Å²) in [6, 6.07) is 80.2. The van der Waals surface area contributed by atoms with Gasteiger partial charge in [0.1, 0.15) is 11.2 Å². The first-order valence-corrected chi connectivity index (χ1v) is 20.5. The molecule has 0 aliphatic heterocycles. The number of hydrogen-bond acceptors (Lipinski definition) is 2. The molecule has 278 valence electrons. The van der Waals surface area contributed by atoms with E-state index >= 15 is 0 Å². The van der Waals surface area contributed by atoms with Crippen molar-refractivity contribution in [3.8, 4) is 22.3 Å². The van der Waals surface area contributed by atoms with E-state index in [-0.39, 0.29) is 5.41 Å². The Morgan fingerprint density at radius 2 is 0.915 bits per heavy atom. The predicted octanol–water partition coefficient (Wildman–Crippen LogP) is 14.8. The van der Waals surface area contributed by atoms with Crippen LogP contribution < -0.4 is 4.90 Å². The van der Waals surface area contributed by atoms with Gasteiger partial charge in [0.05, 0.1) is 11.1 Å². The Bertz CT molecular complexity index is 3200. The fourth-order valence-electron chi connectivity index (χ4n) is 10.6. The quantitative estimate of drug-likeness (QED) is 0.168. The van der Waals surface area contributed by atoms with Gasteiger partial charge in [-0.05, 0) is 99.0 Å². The molecule has 0 N–H and O–H groups in total. The summed E-state index contributed by atoms with van der Waals surface area (Å²) in [5.41, 5.74) is 18.1. The highest BCUT2D eigenvalue weighted by atomic mass is 16.3. The number of furan rings is 1. The lowest BCUT2D eigenvalue weighted by Gasteiger charge is -2.35. The summed E-state index contributed by atoms with van der Waals surface area (Å²) in [6.45, 7) is 2.39. The molecule has 0 saturated heterocycles. The molecule has 1 heterocycles. The van der Waals surface area contributed by atoms with E-state index in [0.717, 1.165) is 39.0 Å². The van der Waals surface area contributed by atoms with Crippen LogP contribution in [0, 0.1) is 0 Å². The number of para-hydroxylation sites is 1. The van der Waals surface area contributed by atoms with E-state index < -0.39 is 5.41 Å². The molecule has 0 bridgehead atoms. The van der Waals surface area contributed by atoms with Gasteiger partial charge in [-0.1, -0.05) is 176 Å². The smallest absolute Gasteiger partial charge is 0.137 e. The minimum absolute atomic E-state index is 0.340. The maximum atomic E-state index is 6.59. The molecule has 1 atom stereocenters. The van der Waals surface area contributed by atoms with Crippen LogP contribution >= 0.6 is 0 Å². The highest BCUT2D eigenvalue weighted by Gasteiger charge is 2.47. The summed E-state index contributed by atoms with van der Waals surface area (Å²) >= 11 is 0. The van der Waals surface area contributed by atoms with E-state index in [0.29, 0.717) is 0 Å². The summed E-state index contributed by atoms with van der Waals surface area (Å²) in [5.74, 6) is 0. The Morgan fingerprint density at radius 3 is 1.66 bits per heavy atom. The third-order valence-electron chi connectivity index (χ3n) is 13.2. The van der Waals surface area contributed by atoms with Crippen molar-refractivity contribution in [2.45, 2.75) is 17.8 Å². The third kappa shape index (κ3) is 4.69. The average molecular weight is 754 g/mol. The van der Waals surface area contributed by atoms with Crippen molar-refractivity contribution in [3.05, 3.63) is 257 Å². The van der Waals surface area contributed by atoms with Crippen LogP contribution in [0.3, 0.4) is 0 Å². The zero-order chi connectivity index (χ0) is 39.1. The fraction of sp³-hybridized carbons (Fsp3) is 0.0526. The molecule has 0 spiro atoms. The van der Waals surface area contributed by atoms with E-state index in [9.17, 15) is 0 Å². The Kier molecular flexibility index (Phi) is 7.31. The first kappa shape index (κ1) is 33.7. The molecule has 1 aromatic heterocycles. The molecule has 9 aromatic carbocycles. The normalized spacial score (nSPS) is 15.7. The second-order valence-electron chi connectivity index (χ2n) is 16.1. The van der Waals surface area contributed by atoms with Crippen molar-refractivity contribution in [1.29, 1.82) is 0 Å². The fourth-order valence-corrected chi connectivity index (χ4v) is 10.6. The Morgan fingerprint density at radius 1 is 0.373 bits per heavy atom. The maximum Gasteiger partial charge on any atom is 0.137 e. The number of nitrogens with zero attached hydrogens (tertiary/aromatic N) is 1. The molecule has 2 aliphatic rings. The van der Waals surface area contributed by atoms with Gasteiger partial charge in [0.25, 0.3) is 0 Å². The van der Waals surface area contributed by atoms with Crippen molar-refractivity contribution in [2.24, 2.45) is 0 Å². The van der Waals surface area contributed by atoms with Gasteiger partial charge in [-0.2, -0.15) is 0 Å². The van der Waals surface area contributed by atoms with Crippen molar-refractivity contribution in [2.75, 3.05) is 4.90 Å². The largest absolute Gasteiger partial charge is 0.456 e. The average Bonchev–Trinajstić information content (AvgIpc) is 3.92. The van der Waals surface area contributed by atoms with Crippen LogP contribution in [0.5, 0.6) is 0 Å². The molecule has 2 nitrogen and oxygen atoms in total. The van der Waals surface area contributed by atoms with E-state index in [2.05, 4.69) is 224 Å². The van der Waals surface area contributed by atoms with E-state index in [1.165, 1.54) is 61.2 Å². The van der Waals surface area contributed by atoms with Crippen molar-refractivity contribution >= 4 is 39.0 Å². The summed E-state index contributed by atoms with van der Waals surface area (Å²) in [7, 11) is 0. The first-order valence-electron chi connectivity index (χ1n) is 20.5. The summed E-state index contributed by atoms with van der Waals surface area (Å²) < 4.78 is 6.59. The van der Waals surface area contributed by atoms with Crippen molar-refractivity contribution in [3.63, 3.8) is 0 Å². The molecule has 0 radical (unpaired) electrons. The second kappa shape index (κ2) is 12.8. The maximum absolute atomic E-state index is 6.59. The first-order chi connectivity index (χ1) is 29.2. The lowest BCUT2D eigenvalue weighted by Crippen LogP contribution is -2.28. The second-order valence-corrected chi connectivity index (χ2v) is 16.1. The number of benzene rings is 9.